The average Bonchev–Trinajstić information content (AvgIpc) is 3.16. The van der Waals surface area contributed by atoms with Gasteiger partial charge in [0.1, 0.15) is 5.54 Å². The Bertz CT molecular complexity index is 1160. The van der Waals surface area contributed by atoms with E-state index in [0.29, 0.717) is 13.1 Å². The molecule has 0 bridgehead atoms. The number of aliphatic hydroxyl groups is 1. The number of hydrogen-bond donors (Lipinski definition) is 3. The number of carbonyl (C=O) groups excluding carboxylic acids is 2. The molecule has 33 heavy (non-hydrogen) atoms. The van der Waals surface area contributed by atoms with Gasteiger partial charge in [0.25, 0.3) is 0 Å². The van der Waals surface area contributed by atoms with Crippen molar-refractivity contribution >= 4 is 28.3 Å². The van der Waals surface area contributed by atoms with Crippen molar-refractivity contribution in [2.45, 2.75) is 24.7 Å². The molecule has 5 rings (SSSR count). The highest BCUT2D eigenvalue weighted by Crippen LogP contribution is 2.31. The Labute approximate surface area is 192 Å². The summed E-state index contributed by atoms with van der Waals surface area (Å²) in [5, 5.41) is 17.7. The molecule has 2 fully saturated rings. The minimum absolute atomic E-state index is 0.0190. The summed E-state index contributed by atoms with van der Waals surface area (Å²) in [7, 11) is 0. The lowest BCUT2D eigenvalue weighted by molar-refractivity contribution is -0.132. The molecular formula is C25H27N5O3. The van der Waals surface area contributed by atoms with Crippen molar-refractivity contribution in [1.29, 1.82) is 0 Å². The minimum Gasteiger partial charge on any atom is -0.368 e. The number of nitrogens with zero attached hydrogens (tertiary/aromatic N) is 3. The molecule has 2 aliphatic rings. The number of carbonyl (C=O) groups is 2. The molecular weight excluding hydrogens is 418 g/mol. The Morgan fingerprint density at radius 1 is 1.06 bits per heavy atom. The van der Waals surface area contributed by atoms with Crippen LogP contribution >= 0.6 is 0 Å². The first-order valence-corrected chi connectivity index (χ1v) is 11.2. The normalized spacial score (nSPS) is 23.1. The first-order chi connectivity index (χ1) is 16.0. The molecule has 2 amide bonds. The number of nitrogens with one attached hydrogen (secondary N) is 2. The second kappa shape index (κ2) is 8.80. The van der Waals surface area contributed by atoms with Crippen LogP contribution < -0.4 is 15.5 Å². The van der Waals surface area contributed by atoms with Crippen LogP contribution in [0.4, 0.5) is 5.69 Å². The summed E-state index contributed by atoms with van der Waals surface area (Å²) in [4.78, 5) is 34.0. The molecule has 170 valence electrons. The predicted molar refractivity (Wildman–Crippen MR) is 125 cm³/mol. The number of amides is 2. The molecule has 2 unspecified atom stereocenters. The first-order valence-electron chi connectivity index (χ1n) is 11.2. The molecule has 3 N–H and O–H groups in total. The van der Waals surface area contributed by atoms with E-state index in [1.54, 1.807) is 6.20 Å². The van der Waals surface area contributed by atoms with E-state index in [1.165, 1.54) is 0 Å². The largest absolute Gasteiger partial charge is 0.368 e. The van der Waals surface area contributed by atoms with Crippen LogP contribution in [0, 0.1) is 0 Å². The van der Waals surface area contributed by atoms with Crippen LogP contribution in [0.25, 0.3) is 10.8 Å². The van der Waals surface area contributed by atoms with E-state index >= 15 is 0 Å². The maximum Gasteiger partial charge on any atom is 0.248 e. The molecule has 2 aromatic carbocycles. The molecule has 0 spiro atoms. The summed E-state index contributed by atoms with van der Waals surface area (Å²) in [6, 6.07) is 17.6. The smallest absolute Gasteiger partial charge is 0.248 e. The molecule has 0 saturated carbocycles. The summed E-state index contributed by atoms with van der Waals surface area (Å²) in [5.41, 5.74) is 0.769. The van der Waals surface area contributed by atoms with E-state index in [0.717, 1.165) is 35.1 Å². The van der Waals surface area contributed by atoms with Crippen molar-refractivity contribution in [1.82, 2.24) is 20.5 Å². The molecule has 2 saturated heterocycles. The second-order valence-electron chi connectivity index (χ2n) is 8.57. The highest BCUT2D eigenvalue weighted by Gasteiger charge is 2.47. The van der Waals surface area contributed by atoms with Crippen molar-refractivity contribution in [3.8, 4) is 0 Å². The second-order valence-corrected chi connectivity index (χ2v) is 8.57. The number of fused-ring (bicyclic) bond motifs is 1. The summed E-state index contributed by atoms with van der Waals surface area (Å²) in [6.07, 6.45) is 3.01. The van der Waals surface area contributed by atoms with Crippen LogP contribution in [-0.4, -0.2) is 59.3 Å². The SMILES string of the molecule is O=C(CCC1(c2ccccc2)NC(O)NC1=O)N1CCN(c2ccc3cnccc3c2)CC1. The van der Waals surface area contributed by atoms with Gasteiger partial charge < -0.3 is 20.2 Å². The van der Waals surface area contributed by atoms with Crippen molar-refractivity contribution in [3.05, 3.63) is 72.6 Å². The standard InChI is InChI=1S/C25H27N5O3/c31-22(8-10-25(20-4-2-1-3-5-20)23(32)27-24(33)28-25)30-14-12-29(13-15-30)21-7-6-19-17-26-11-9-18(19)16-21/h1-7,9,11,16-17,24,28,33H,8,10,12-15H2,(H,27,32). The van der Waals surface area contributed by atoms with Gasteiger partial charge in [-0.15, -0.1) is 0 Å². The molecule has 2 aliphatic heterocycles. The number of piperazine rings is 1. The highest BCUT2D eigenvalue weighted by molar-refractivity contribution is 5.90. The molecule has 8 nitrogen and oxygen atoms in total. The molecule has 1 aromatic heterocycles. The zero-order valence-corrected chi connectivity index (χ0v) is 18.3. The highest BCUT2D eigenvalue weighted by atomic mass is 16.3. The van der Waals surface area contributed by atoms with Gasteiger partial charge in [0.15, 0.2) is 6.35 Å². The van der Waals surface area contributed by atoms with Crippen molar-refractivity contribution in [2.75, 3.05) is 31.1 Å². The Morgan fingerprint density at radius 2 is 1.85 bits per heavy atom. The number of pyridine rings is 1. The third kappa shape index (κ3) is 4.15. The quantitative estimate of drug-likeness (QED) is 0.551. The number of aliphatic hydroxyl groups excluding tert-OH is 1. The van der Waals surface area contributed by atoms with Gasteiger partial charge in [0.2, 0.25) is 11.8 Å². The minimum atomic E-state index is -1.13. The van der Waals surface area contributed by atoms with Gasteiger partial charge in [0.05, 0.1) is 0 Å². The molecule has 0 aliphatic carbocycles. The number of aromatic nitrogens is 1. The van der Waals surface area contributed by atoms with Crippen molar-refractivity contribution < 1.29 is 14.7 Å². The maximum absolute atomic E-state index is 13.0. The van der Waals surface area contributed by atoms with Gasteiger partial charge in [-0.25, -0.2) is 0 Å². The van der Waals surface area contributed by atoms with E-state index < -0.39 is 11.9 Å². The fraction of sp³-hybridized carbons (Fsp3) is 0.320. The summed E-state index contributed by atoms with van der Waals surface area (Å²) < 4.78 is 0. The van der Waals surface area contributed by atoms with Crippen LogP contribution in [0.5, 0.6) is 0 Å². The average molecular weight is 446 g/mol. The Morgan fingerprint density at radius 3 is 2.58 bits per heavy atom. The fourth-order valence-electron chi connectivity index (χ4n) is 4.78. The summed E-state index contributed by atoms with van der Waals surface area (Å²) >= 11 is 0. The number of benzene rings is 2. The van der Waals surface area contributed by atoms with Gasteiger partial charge in [0, 0.05) is 56.1 Å². The van der Waals surface area contributed by atoms with Gasteiger partial charge in [-0.3, -0.25) is 19.9 Å². The van der Waals surface area contributed by atoms with Crippen LogP contribution in [0.2, 0.25) is 0 Å². The molecule has 3 aromatic rings. The topological polar surface area (TPSA) is 97.8 Å². The van der Waals surface area contributed by atoms with Crippen LogP contribution in [-0.2, 0) is 15.1 Å². The zero-order chi connectivity index (χ0) is 22.8. The number of rotatable bonds is 5. The van der Waals surface area contributed by atoms with Crippen molar-refractivity contribution in [3.63, 3.8) is 0 Å². The lowest BCUT2D eigenvalue weighted by Crippen LogP contribution is -2.50. The Balaban J connectivity index is 1.22. The van der Waals surface area contributed by atoms with Crippen molar-refractivity contribution in [2.24, 2.45) is 0 Å². The van der Waals surface area contributed by atoms with E-state index in [9.17, 15) is 14.7 Å². The Kier molecular flexibility index (Phi) is 5.70. The first kappa shape index (κ1) is 21.4. The number of hydrogen-bond acceptors (Lipinski definition) is 6. The van der Waals surface area contributed by atoms with Gasteiger partial charge in [-0.05, 0) is 35.6 Å². The van der Waals surface area contributed by atoms with Gasteiger partial charge in [-0.2, -0.15) is 0 Å². The monoisotopic (exact) mass is 445 g/mol. The van der Waals surface area contributed by atoms with Gasteiger partial charge >= 0.3 is 0 Å². The number of anilines is 1. The third-order valence-corrected chi connectivity index (χ3v) is 6.64. The maximum atomic E-state index is 13.0. The lowest BCUT2D eigenvalue weighted by Gasteiger charge is -2.37. The summed E-state index contributed by atoms with van der Waals surface area (Å²) in [6.45, 7) is 2.77. The molecule has 8 heteroatoms. The van der Waals surface area contributed by atoms with Crippen LogP contribution in [0.15, 0.2) is 67.0 Å². The molecule has 2 atom stereocenters. The summed E-state index contributed by atoms with van der Waals surface area (Å²) in [5.74, 6) is -0.296. The van der Waals surface area contributed by atoms with E-state index in [2.05, 4.69) is 38.7 Å². The van der Waals surface area contributed by atoms with E-state index in [1.807, 2.05) is 47.5 Å². The zero-order valence-electron chi connectivity index (χ0n) is 18.3. The van der Waals surface area contributed by atoms with Crippen LogP contribution in [0.1, 0.15) is 18.4 Å². The molecule has 3 heterocycles. The van der Waals surface area contributed by atoms with Crippen LogP contribution in [0.3, 0.4) is 0 Å². The fourth-order valence-corrected chi connectivity index (χ4v) is 4.78. The van der Waals surface area contributed by atoms with Gasteiger partial charge in [-0.1, -0.05) is 36.4 Å². The lowest BCUT2D eigenvalue weighted by atomic mass is 9.85. The molecule has 0 radical (unpaired) electrons. The third-order valence-electron chi connectivity index (χ3n) is 6.64. The van der Waals surface area contributed by atoms with E-state index in [-0.39, 0.29) is 24.7 Å². The Hall–Kier alpha value is -3.49. The van der Waals surface area contributed by atoms with E-state index in [4.69, 9.17) is 0 Å². The predicted octanol–water partition coefficient (Wildman–Crippen LogP) is 1.55.